The molecule has 0 unspecified atom stereocenters. The minimum atomic E-state index is -5.08. The molecule has 0 bridgehead atoms. The Kier molecular flexibility index (Phi) is 7.84. The van der Waals surface area contributed by atoms with Crippen LogP contribution in [0.3, 0.4) is 0 Å². The van der Waals surface area contributed by atoms with Gasteiger partial charge in [-0.3, -0.25) is 5.41 Å². The number of aromatic nitrogens is 5. The number of rotatable bonds is 6. The Labute approximate surface area is 227 Å². The molecule has 0 spiro atoms. The molecule has 5 rings (SSSR count). The first-order chi connectivity index (χ1) is 19.3. The maximum Gasteiger partial charge on any atom is 0.490 e. The molecular weight excluding hydrogens is 555 g/mol. The van der Waals surface area contributed by atoms with Crippen LogP contribution in [0.1, 0.15) is 6.42 Å². The van der Waals surface area contributed by atoms with Gasteiger partial charge in [0.15, 0.2) is 11.8 Å². The van der Waals surface area contributed by atoms with Crippen molar-refractivity contribution >= 4 is 33.7 Å². The molecular formula is C25H23F5N8O3. The van der Waals surface area contributed by atoms with Gasteiger partial charge in [0, 0.05) is 54.4 Å². The summed E-state index contributed by atoms with van der Waals surface area (Å²) in [5, 5.41) is 25.0. The standard InChI is InChI=1S/C23H22F2N8O.C2HF3O2/c1-31-11-17(15-9-13(24)3-5-18(15)31)21-29-30-23(34)33(21)20-12-32(8-2-7-28-22(26)27)19-6-4-14(25)10-16(19)20;3-2(4,5)1(6)7/h3-6,9-12H,2,7-8H2,1H3,(H,30,34)(H4,26,27,28);(H,6,7). The number of carboxylic acids is 1. The largest absolute Gasteiger partial charge is 0.490 e. The number of hydrogen-bond donors (Lipinski definition) is 5. The van der Waals surface area contributed by atoms with Crippen molar-refractivity contribution in [1.29, 1.82) is 5.41 Å². The van der Waals surface area contributed by atoms with Gasteiger partial charge in [0.05, 0.1) is 11.2 Å². The first-order valence-corrected chi connectivity index (χ1v) is 11.9. The highest BCUT2D eigenvalue weighted by molar-refractivity contribution is 5.96. The third kappa shape index (κ3) is 6.05. The molecule has 2 aromatic carbocycles. The molecule has 41 heavy (non-hydrogen) atoms. The molecule has 3 heterocycles. The normalized spacial score (nSPS) is 11.5. The van der Waals surface area contributed by atoms with Crippen LogP contribution in [0.4, 0.5) is 22.0 Å². The summed E-state index contributed by atoms with van der Waals surface area (Å²) in [7, 11) is 1.83. The van der Waals surface area contributed by atoms with Gasteiger partial charge in [-0.25, -0.2) is 28.0 Å². The Balaban J connectivity index is 0.000000493. The second-order valence-electron chi connectivity index (χ2n) is 8.87. The molecule has 0 fully saturated rings. The number of carbonyl (C=O) groups is 1. The van der Waals surface area contributed by atoms with Crippen molar-refractivity contribution in [3.05, 3.63) is 70.9 Å². The van der Waals surface area contributed by atoms with Crippen LogP contribution in [0.25, 0.3) is 38.9 Å². The molecule has 6 N–H and O–H groups in total. The molecule has 0 atom stereocenters. The Morgan fingerprint density at radius 2 is 1.71 bits per heavy atom. The lowest BCUT2D eigenvalue weighted by Crippen LogP contribution is -2.31. The Bertz CT molecular complexity index is 1820. The van der Waals surface area contributed by atoms with Crippen LogP contribution >= 0.6 is 0 Å². The number of aryl methyl sites for hydroxylation is 2. The van der Waals surface area contributed by atoms with Crippen molar-refractivity contribution < 1.29 is 31.9 Å². The van der Waals surface area contributed by atoms with E-state index in [9.17, 15) is 26.7 Å². The number of guanidine groups is 1. The molecule has 0 amide bonds. The van der Waals surface area contributed by atoms with Gasteiger partial charge in [-0.2, -0.15) is 18.3 Å². The number of benzene rings is 2. The van der Waals surface area contributed by atoms with Crippen LogP contribution < -0.4 is 16.7 Å². The molecule has 16 heteroatoms. The predicted molar refractivity (Wildman–Crippen MR) is 140 cm³/mol. The second kappa shape index (κ2) is 11.1. The smallest absolute Gasteiger partial charge is 0.475 e. The minimum Gasteiger partial charge on any atom is -0.475 e. The summed E-state index contributed by atoms with van der Waals surface area (Å²) in [5.41, 5.74) is 7.38. The molecule has 11 nitrogen and oxygen atoms in total. The SMILES string of the molecule is Cn1cc(-c2n[nH]c(=O)n2-c2cn(CCCNC(=N)N)c3ccc(F)cc23)c2cc(F)ccc21.O=C(O)C(F)(F)F. The minimum absolute atomic E-state index is 0.110. The molecule has 0 saturated heterocycles. The quantitative estimate of drug-likeness (QED) is 0.0898. The summed E-state index contributed by atoms with van der Waals surface area (Å²) < 4.78 is 65.1. The number of carboxylic acid groups (broad SMARTS) is 1. The molecule has 0 aliphatic carbocycles. The Morgan fingerprint density at radius 1 is 1.10 bits per heavy atom. The van der Waals surface area contributed by atoms with Gasteiger partial charge < -0.3 is 25.3 Å². The van der Waals surface area contributed by atoms with Crippen LogP contribution in [-0.2, 0) is 18.4 Å². The van der Waals surface area contributed by atoms with E-state index < -0.39 is 29.5 Å². The molecule has 216 valence electrons. The van der Waals surface area contributed by atoms with E-state index >= 15 is 0 Å². The zero-order valence-corrected chi connectivity index (χ0v) is 21.3. The maximum absolute atomic E-state index is 14.2. The number of halogens is 5. The summed E-state index contributed by atoms with van der Waals surface area (Å²) in [6.45, 7) is 1.04. The fraction of sp³-hybridized carbons (Fsp3) is 0.200. The number of nitrogens with zero attached hydrogens (tertiary/aromatic N) is 4. The van der Waals surface area contributed by atoms with E-state index in [1.165, 1.54) is 28.8 Å². The molecule has 0 aliphatic rings. The van der Waals surface area contributed by atoms with Crippen molar-refractivity contribution in [1.82, 2.24) is 29.2 Å². The number of hydrogen-bond acceptors (Lipinski definition) is 4. The summed E-state index contributed by atoms with van der Waals surface area (Å²) in [5.74, 6) is -3.41. The third-order valence-electron chi connectivity index (χ3n) is 6.06. The van der Waals surface area contributed by atoms with Crippen molar-refractivity contribution in [3.63, 3.8) is 0 Å². The van der Waals surface area contributed by atoms with E-state index in [2.05, 4.69) is 15.5 Å². The van der Waals surface area contributed by atoms with Gasteiger partial charge in [0.2, 0.25) is 0 Å². The number of alkyl halides is 3. The molecule has 0 saturated carbocycles. The summed E-state index contributed by atoms with van der Waals surface area (Å²) >= 11 is 0. The topological polar surface area (TPSA) is 160 Å². The molecule has 0 radical (unpaired) electrons. The monoisotopic (exact) mass is 578 g/mol. The highest BCUT2D eigenvalue weighted by Gasteiger charge is 2.38. The van der Waals surface area contributed by atoms with E-state index in [0.29, 0.717) is 47.4 Å². The van der Waals surface area contributed by atoms with Crippen molar-refractivity contribution in [2.75, 3.05) is 6.54 Å². The fourth-order valence-corrected chi connectivity index (χ4v) is 4.33. The number of nitrogens with one attached hydrogen (secondary N) is 3. The van der Waals surface area contributed by atoms with Gasteiger partial charge in [-0.05, 0) is 42.8 Å². The lowest BCUT2D eigenvalue weighted by Gasteiger charge is -2.06. The highest BCUT2D eigenvalue weighted by atomic mass is 19.4. The predicted octanol–water partition coefficient (Wildman–Crippen LogP) is 3.46. The van der Waals surface area contributed by atoms with Gasteiger partial charge >= 0.3 is 17.8 Å². The van der Waals surface area contributed by atoms with Gasteiger partial charge in [0.25, 0.3) is 0 Å². The van der Waals surface area contributed by atoms with Gasteiger partial charge in [0.1, 0.15) is 11.6 Å². The zero-order chi connectivity index (χ0) is 30.1. The summed E-state index contributed by atoms with van der Waals surface area (Å²) in [6, 6.07) is 8.84. The van der Waals surface area contributed by atoms with Gasteiger partial charge in [-0.1, -0.05) is 0 Å². The summed E-state index contributed by atoms with van der Waals surface area (Å²) in [6.07, 6.45) is -0.886. The summed E-state index contributed by atoms with van der Waals surface area (Å²) in [4.78, 5) is 21.8. The lowest BCUT2D eigenvalue weighted by molar-refractivity contribution is -0.192. The molecule has 3 aromatic heterocycles. The Morgan fingerprint density at radius 3 is 2.32 bits per heavy atom. The van der Waals surface area contributed by atoms with Crippen LogP contribution in [0, 0.1) is 17.0 Å². The van der Waals surface area contributed by atoms with Crippen LogP contribution in [0.5, 0.6) is 0 Å². The van der Waals surface area contributed by atoms with Crippen LogP contribution in [0.15, 0.2) is 53.6 Å². The van der Waals surface area contributed by atoms with E-state index in [-0.39, 0.29) is 5.96 Å². The van der Waals surface area contributed by atoms with Crippen molar-refractivity contribution in [2.45, 2.75) is 19.1 Å². The molecule has 5 aromatic rings. The second-order valence-corrected chi connectivity index (χ2v) is 8.87. The van der Waals surface area contributed by atoms with Crippen LogP contribution in [0.2, 0.25) is 0 Å². The van der Waals surface area contributed by atoms with Crippen molar-refractivity contribution in [2.24, 2.45) is 12.8 Å². The fourth-order valence-electron chi connectivity index (χ4n) is 4.33. The maximum atomic E-state index is 14.2. The average Bonchev–Trinajstić information content (AvgIpc) is 3.53. The first-order valence-electron chi connectivity index (χ1n) is 11.9. The van der Waals surface area contributed by atoms with E-state index in [1.807, 2.05) is 16.2 Å². The lowest BCUT2D eigenvalue weighted by atomic mass is 10.1. The Hall–Kier alpha value is -5.15. The number of aromatic amines is 1. The van der Waals surface area contributed by atoms with E-state index in [1.54, 1.807) is 24.5 Å². The third-order valence-corrected chi connectivity index (χ3v) is 6.06. The van der Waals surface area contributed by atoms with Gasteiger partial charge in [-0.15, -0.1) is 0 Å². The number of nitrogens with two attached hydrogens (primary N) is 1. The number of aliphatic carboxylic acids is 1. The average molecular weight is 579 g/mol. The zero-order valence-electron chi connectivity index (χ0n) is 21.3. The van der Waals surface area contributed by atoms with Crippen LogP contribution in [-0.4, -0.2) is 53.7 Å². The number of H-pyrrole nitrogens is 1. The highest BCUT2D eigenvalue weighted by Crippen LogP contribution is 2.32. The molecule has 0 aliphatic heterocycles. The van der Waals surface area contributed by atoms with Crippen molar-refractivity contribution in [3.8, 4) is 17.1 Å². The number of fused-ring (bicyclic) bond motifs is 2. The van der Waals surface area contributed by atoms with E-state index in [0.717, 1.165) is 11.0 Å². The first kappa shape index (κ1) is 28.8. The van der Waals surface area contributed by atoms with E-state index in [4.69, 9.17) is 21.0 Å².